The van der Waals surface area contributed by atoms with Gasteiger partial charge in [0.05, 0.1) is 11.7 Å². The molecule has 0 N–H and O–H groups in total. The number of nitriles is 1. The number of ether oxygens (including phenoxy) is 1. The molecule has 0 aliphatic rings. The van der Waals surface area contributed by atoms with E-state index in [1.54, 1.807) is 0 Å². The van der Waals surface area contributed by atoms with E-state index in [0.29, 0.717) is 12.3 Å². The molecule has 0 aromatic rings. The molecule has 0 spiro atoms. The van der Waals surface area contributed by atoms with Crippen molar-refractivity contribution in [1.82, 2.24) is 0 Å². The summed E-state index contributed by atoms with van der Waals surface area (Å²) >= 11 is 0. The number of rotatable bonds is 13. The molecule has 0 aromatic carbocycles. The Kier molecular flexibility index (Phi) is 11.9. The van der Waals surface area contributed by atoms with Gasteiger partial charge in [-0.1, -0.05) is 45.4 Å². The minimum Gasteiger partial charge on any atom is -0.376 e. The molecule has 0 heterocycles. The van der Waals surface area contributed by atoms with Crippen molar-refractivity contribution in [2.45, 2.75) is 97.5 Å². The third-order valence-electron chi connectivity index (χ3n) is 4.25. The largest absolute Gasteiger partial charge is 0.376 e. The van der Waals surface area contributed by atoms with Crippen molar-refractivity contribution in [3.63, 3.8) is 0 Å². The summed E-state index contributed by atoms with van der Waals surface area (Å²) in [7, 11) is 0. The molecule has 0 fully saturated rings. The quantitative estimate of drug-likeness (QED) is 0.396. The minimum atomic E-state index is -0.0480. The van der Waals surface area contributed by atoms with Gasteiger partial charge < -0.3 is 4.74 Å². The third kappa shape index (κ3) is 9.37. The summed E-state index contributed by atoms with van der Waals surface area (Å²) in [5.41, 5.74) is -0.0480. The highest BCUT2D eigenvalue weighted by Gasteiger charge is 2.28. The summed E-state index contributed by atoms with van der Waals surface area (Å²) in [6, 6.07) is 2.26. The Balaban J connectivity index is 4.08. The lowest BCUT2D eigenvalue weighted by Crippen LogP contribution is -2.34. The summed E-state index contributed by atoms with van der Waals surface area (Å²) in [6.07, 6.45) is 12.1. The summed E-state index contributed by atoms with van der Waals surface area (Å²) in [5, 5.41) is 8.70. The number of hydrogen-bond acceptors (Lipinski definition) is 2. The normalized spacial score (nSPS) is 13.2. The predicted octanol–water partition coefficient (Wildman–Crippen LogP) is 5.86. The molecule has 20 heavy (non-hydrogen) atoms. The van der Waals surface area contributed by atoms with Crippen LogP contribution >= 0.6 is 0 Å². The van der Waals surface area contributed by atoms with Gasteiger partial charge in [0.1, 0.15) is 0 Å². The van der Waals surface area contributed by atoms with E-state index in [9.17, 15) is 0 Å². The van der Waals surface area contributed by atoms with Crippen molar-refractivity contribution in [2.24, 2.45) is 5.92 Å². The van der Waals surface area contributed by atoms with Crippen LogP contribution in [0.25, 0.3) is 0 Å². The van der Waals surface area contributed by atoms with Crippen LogP contribution in [-0.2, 0) is 4.74 Å². The van der Waals surface area contributed by atoms with Gasteiger partial charge >= 0.3 is 0 Å². The molecule has 0 bridgehead atoms. The fraction of sp³-hybridized carbons (Fsp3) is 0.944. The molecule has 0 amide bonds. The van der Waals surface area contributed by atoms with Gasteiger partial charge in [-0.3, -0.25) is 0 Å². The van der Waals surface area contributed by atoms with Gasteiger partial charge in [-0.25, -0.2) is 0 Å². The van der Waals surface area contributed by atoms with Crippen molar-refractivity contribution < 1.29 is 4.74 Å². The Morgan fingerprint density at radius 3 is 2.15 bits per heavy atom. The SMILES string of the molecule is CCCCCCCCC(CCCC#N)C(C)(C)OCC. The van der Waals surface area contributed by atoms with Gasteiger partial charge in [-0.15, -0.1) is 0 Å². The lowest BCUT2D eigenvalue weighted by Gasteiger charge is -2.34. The Hall–Kier alpha value is -0.550. The first-order chi connectivity index (χ1) is 9.58. The van der Waals surface area contributed by atoms with Gasteiger partial charge in [0.25, 0.3) is 0 Å². The Bertz CT molecular complexity index is 255. The zero-order valence-electron chi connectivity index (χ0n) is 14.2. The number of unbranched alkanes of at least 4 members (excludes halogenated alkanes) is 6. The predicted molar refractivity (Wildman–Crippen MR) is 86.7 cm³/mol. The van der Waals surface area contributed by atoms with Crippen LogP contribution in [0, 0.1) is 17.2 Å². The van der Waals surface area contributed by atoms with Crippen LogP contribution in [0.1, 0.15) is 91.9 Å². The molecule has 0 aliphatic carbocycles. The second kappa shape index (κ2) is 12.2. The third-order valence-corrected chi connectivity index (χ3v) is 4.25. The zero-order valence-corrected chi connectivity index (χ0v) is 14.2. The van der Waals surface area contributed by atoms with E-state index < -0.39 is 0 Å². The molecule has 0 aliphatic heterocycles. The zero-order chi connectivity index (χ0) is 15.3. The van der Waals surface area contributed by atoms with Crippen LogP contribution in [0.3, 0.4) is 0 Å². The highest BCUT2D eigenvalue weighted by molar-refractivity contribution is 4.81. The summed E-state index contributed by atoms with van der Waals surface area (Å²) in [5.74, 6) is 0.585. The second-order valence-electron chi connectivity index (χ2n) is 6.34. The van der Waals surface area contributed by atoms with E-state index >= 15 is 0 Å². The van der Waals surface area contributed by atoms with Gasteiger partial charge in [-0.2, -0.15) is 5.26 Å². The Morgan fingerprint density at radius 2 is 1.55 bits per heavy atom. The summed E-state index contributed by atoms with van der Waals surface area (Å²) in [6.45, 7) is 9.53. The molecule has 118 valence electrons. The van der Waals surface area contributed by atoms with Gasteiger partial charge in [0, 0.05) is 13.0 Å². The monoisotopic (exact) mass is 281 g/mol. The van der Waals surface area contributed by atoms with E-state index in [-0.39, 0.29) is 5.60 Å². The van der Waals surface area contributed by atoms with E-state index in [4.69, 9.17) is 10.00 Å². The highest BCUT2D eigenvalue weighted by atomic mass is 16.5. The molecule has 1 atom stereocenters. The lowest BCUT2D eigenvalue weighted by molar-refractivity contribution is -0.0603. The average Bonchev–Trinajstić information content (AvgIpc) is 2.40. The van der Waals surface area contributed by atoms with Crippen molar-refractivity contribution in [3.8, 4) is 6.07 Å². The molecular weight excluding hydrogens is 246 g/mol. The first-order valence-corrected chi connectivity index (χ1v) is 8.59. The first-order valence-electron chi connectivity index (χ1n) is 8.59. The topological polar surface area (TPSA) is 33.0 Å². The maximum Gasteiger partial charge on any atom is 0.0654 e. The Morgan fingerprint density at radius 1 is 0.950 bits per heavy atom. The van der Waals surface area contributed by atoms with Crippen molar-refractivity contribution in [1.29, 1.82) is 5.26 Å². The molecule has 0 aromatic heterocycles. The molecule has 2 heteroatoms. The minimum absolute atomic E-state index is 0.0480. The van der Waals surface area contributed by atoms with Gasteiger partial charge in [0.15, 0.2) is 0 Å². The standard InChI is InChI=1S/C18H35NO/c1-5-7-8-9-10-11-14-17(15-12-13-16-19)18(3,4)20-6-2/h17H,5-15H2,1-4H3. The smallest absolute Gasteiger partial charge is 0.0654 e. The molecule has 0 radical (unpaired) electrons. The second-order valence-corrected chi connectivity index (χ2v) is 6.34. The van der Waals surface area contributed by atoms with Crippen molar-refractivity contribution >= 4 is 0 Å². The lowest BCUT2D eigenvalue weighted by atomic mass is 9.82. The van der Waals surface area contributed by atoms with Crippen LogP contribution in [0.5, 0.6) is 0 Å². The van der Waals surface area contributed by atoms with Crippen molar-refractivity contribution in [3.05, 3.63) is 0 Å². The molecule has 0 saturated heterocycles. The van der Waals surface area contributed by atoms with E-state index in [1.165, 1.54) is 44.9 Å². The van der Waals surface area contributed by atoms with Crippen LogP contribution in [-0.4, -0.2) is 12.2 Å². The molecule has 2 nitrogen and oxygen atoms in total. The van der Waals surface area contributed by atoms with E-state index in [2.05, 4.69) is 33.8 Å². The maximum atomic E-state index is 8.70. The van der Waals surface area contributed by atoms with Gasteiger partial charge in [-0.05, 0) is 46.0 Å². The molecular formula is C18H35NO. The van der Waals surface area contributed by atoms with Crippen molar-refractivity contribution in [2.75, 3.05) is 6.61 Å². The van der Waals surface area contributed by atoms with Crippen LogP contribution in [0.2, 0.25) is 0 Å². The van der Waals surface area contributed by atoms with E-state index in [1.807, 2.05) is 0 Å². The number of hydrogen-bond donors (Lipinski definition) is 0. The molecule has 1 unspecified atom stereocenters. The summed E-state index contributed by atoms with van der Waals surface area (Å²) < 4.78 is 5.93. The van der Waals surface area contributed by atoms with Crippen LogP contribution in [0.15, 0.2) is 0 Å². The summed E-state index contributed by atoms with van der Waals surface area (Å²) in [4.78, 5) is 0. The maximum absolute atomic E-state index is 8.70. The van der Waals surface area contributed by atoms with E-state index in [0.717, 1.165) is 19.4 Å². The van der Waals surface area contributed by atoms with Gasteiger partial charge in [0.2, 0.25) is 0 Å². The Labute approximate surface area is 126 Å². The van der Waals surface area contributed by atoms with Crippen LogP contribution in [0.4, 0.5) is 0 Å². The fourth-order valence-corrected chi connectivity index (χ4v) is 2.93. The first kappa shape index (κ1) is 19.4. The highest BCUT2D eigenvalue weighted by Crippen LogP contribution is 2.31. The number of nitrogens with zero attached hydrogens (tertiary/aromatic N) is 1. The molecule has 0 rings (SSSR count). The average molecular weight is 281 g/mol. The fourth-order valence-electron chi connectivity index (χ4n) is 2.93. The molecule has 0 saturated carbocycles. The van der Waals surface area contributed by atoms with Crippen LogP contribution < -0.4 is 0 Å².